The predicted octanol–water partition coefficient (Wildman–Crippen LogP) is 12.6. The van der Waals surface area contributed by atoms with E-state index in [1.54, 1.807) is 0 Å². The van der Waals surface area contributed by atoms with Crippen LogP contribution in [0.25, 0.3) is 76.9 Å². The molecule has 0 aliphatic carbocycles. The van der Waals surface area contributed by atoms with Crippen molar-refractivity contribution in [2.45, 2.75) is 0 Å². The Kier molecular flexibility index (Phi) is 6.17. The van der Waals surface area contributed by atoms with Crippen LogP contribution in [-0.4, -0.2) is 0 Å². The Balaban J connectivity index is 1.21. The monoisotopic (exact) mass is 587 g/mol. The second kappa shape index (κ2) is 10.8. The molecule has 0 bridgehead atoms. The lowest BCUT2D eigenvalue weighted by Crippen LogP contribution is -1.95. The number of nitrogens with one attached hydrogen (secondary N) is 1. The number of fused-ring (bicyclic) bond motifs is 5. The first-order valence-corrected chi connectivity index (χ1v) is 15.7. The van der Waals surface area contributed by atoms with Gasteiger partial charge >= 0.3 is 0 Å². The maximum absolute atomic E-state index is 6.28. The zero-order chi connectivity index (χ0) is 30.5. The highest BCUT2D eigenvalue weighted by Gasteiger charge is 2.18. The first-order chi connectivity index (χ1) is 22.8. The van der Waals surface area contributed by atoms with Gasteiger partial charge in [-0.05, 0) is 79.7 Å². The van der Waals surface area contributed by atoms with Crippen LogP contribution in [0.3, 0.4) is 0 Å². The highest BCUT2D eigenvalue weighted by molar-refractivity contribution is 6.21. The van der Waals surface area contributed by atoms with Crippen LogP contribution in [0.2, 0.25) is 0 Å². The molecule has 0 aliphatic heterocycles. The molecule has 0 spiro atoms. The fourth-order valence-electron chi connectivity index (χ4n) is 7.02. The van der Waals surface area contributed by atoms with E-state index in [4.69, 9.17) is 4.42 Å². The van der Waals surface area contributed by atoms with Crippen molar-refractivity contribution in [2.24, 2.45) is 0 Å². The molecule has 0 fully saturated rings. The van der Waals surface area contributed by atoms with Crippen molar-refractivity contribution in [1.29, 1.82) is 0 Å². The van der Waals surface area contributed by atoms with Crippen molar-refractivity contribution in [3.05, 3.63) is 170 Å². The summed E-state index contributed by atoms with van der Waals surface area (Å²) in [6.07, 6.45) is 0. The Morgan fingerprint density at radius 1 is 0.348 bits per heavy atom. The fourth-order valence-corrected chi connectivity index (χ4v) is 7.02. The van der Waals surface area contributed by atoms with Crippen molar-refractivity contribution in [3.8, 4) is 33.4 Å². The second-order valence-electron chi connectivity index (χ2n) is 11.7. The molecule has 0 aliphatic rings. The van der Waals surface area contributed by atoms with E-state index < -0.39 is 0 Å². The molecule has 216 valence electrons. The summed E-state index contributed by atoms with van der Waals surface area (Å²) in [6.45, 7) is 0. The van der Waals surface area contributed by atoms with Gasteiger partial charge in [0.15, 0.2) is 0 Å². The Morgan fingerprint density at radius 3 is 1.41 bits per heavy atom. The lowest BCUT2D eigenvalue weighted by Gasteiger charge is -2.18. The summed E-state index contributed by atoms with van der Waals surface area (Å²) in [5.74, 6) is 0. The van der Waals surface area contributed by atoms with Crippen LogP contribution in [0.4, 0.5) is 11.4 Å². The third kappa shape index (κ3) is 4.27. The molecule has 0 radical (unpaired) electrons. The third-order valence-electron chi connectivity index (χ3n) is 9.07. The highest BCUT2D eigenvalue weighted by Crippen LogP contribution is 2.45. The average molecular weight is 588 g/mol. The Hall–Kier alpha value is -6.12. The minimum Gasteiger partial charge on any atom is -0.456 e. The molecule has 2 nitrogen and oxygen atoms in total. The lowest BCUT2D eigenvalue weighted by atomic mass is 9.86. The number of anilines is 2. The van der Waals surface area contributed by atoms with E-state index >= 15 is 0 Å². The molecule has 0 amide bonds. The molecule has 1 N–H and O–H groups in total. The first kappa shape index (κ1) is 26.3. The van der Waals surface area contributed by atoms with Gasteiger partial charge in [-0.15, -0.1) is 0 Å². The largest absolute Gasteiger partial charge is 0.456 e. The Bertz CT molecular complexity index is 2470. The number of furan rings is 1. The quantitative estimate of drug-likeness (QED) is 0.203. The SMILES string of the molecule is c1ccc(-c2ccc3oc4ccccc4c3c2Nc2ccc(-c3c4ccccc4c(-c4ccccc4)c4ccccc34)cc2)cc1. The molecule has 0 unspecified atom stereocenters. The van der Waals surface area contributed by atoms with E-state index in [1.165, 1.54) is 43.8 Å². The van der Waals surface area contributed by atoms with E-state index in [0.717, 1.165) is 44.4 Å². The Labute approximate surface area is 267 Å². The van der Waals surface area contributed by atoms with Gasteiger partial charge < -0.3 is 9.73 Å². The number of rotatable bonds is 5. The molecule has 0 saturated carbocycles. The highest BCUT2D eigenvalue weighted by atomic mass is 16.3. The molecule has 1 aromatic heterocycles. The van der Waals surface area contributed by atoms with Gasteiger partial charge in [-0.25, -0.2) is 0 Å². The van der Waals surface area contributed by atoms with E-state index in [9.17, 15) is 0 Å². The summed E-state index contributed by atoms with van der Waals surface area (Å²) in [5.41, 5.74) is 11.1. The third-order valence-corrected chi connectivity index (χ3v) is 9.07. The van der Waals surface area contributed by atoms with Crippen LogP contribution in [0, 0.1) is 0 Å². The maximum atomic E-state index is 6.28. The minimum absolute atomic E-state index is 0.872. The van der Waals surface area contributed by atoms with Crippen molar-refractivity contribution in [1.82, 2.24) is 0 Å². The molecule has 9 rings (SSSR count). The van der Waals surface area contributed by atoms with Gasteiger partial charge in [0.1, 0.15) is 11.2 Å². The van der Waals surface area contributed by atoms with Gasteiger partial charge in [0, 0.05) is 16.6 Å². The van der Waals surface area contributed by atoms with Gasteiger partial charge in [-0.2, -0.15) is 0 Å². The summed E-state index contributed by atoms with van der Waals surface area (Å²) in [5, 5.41) is 11.0. The zero-order valence-corrected chi connectivity index (χ0v) is 25.1. The van der Waals surface area contributed by atoms with Gasteiger partial charge in [0.25, 0.3) is 0 Å². The predicted molar refractivity (Wildman–Crippen MR) is 195 cm³/mol. The van der Waals surface area contributed by atoms with E-state index in [1.807, 2.05) is 12.1 Å². The number of hydrogen-bond donors (Lipinski definition) is 1. The molecule has 9 aromatic rings. The molecule has 46 heavy (non-hydrogen) atoms. The molecule has 0 atom stereocenters. The van der Waals surface area contributed by atoms with Crippen LogP contribution in [0.15, 0.2) is 174 Å². The van der Waals surface area contributed by atoms with E-state index in [0.29, 0.717) is 0 Å². The fraction of sp³-hybridized carbons (Fsp3) is 0. The average Bonchev–Trinajstić information content (AvgIpc) is 3.51. The summed E-state index contributed by atoms with van der Waals surface area (Å²) in [6, 6.07) is 60.3. The number of hydrogen-bond acceptors (Lipinski definition) is 2. The van der Waals surface area contributed by atoms with E-state index in [-0.39, 0.29) is 0 Å². The summed E-state index contributed by atoms with van der Waals surface area (Å²) in [4.78, 5) is 0. The van der Waals surface area contributed by atoms with Gasteiger partial charge in [-0.3, -0.25) is 0 Å². The van der Waals surface area contributed by atoms with E-state index in [2.05, 4.69) is 163 Å². The summed E-state index contributed by atoms with van der Waals surface area (Å²) >= 11 is 0. The molecule has 0 saturated heterocycles. The number of para-hydroxylation sites is 1. The first-order valence-electron chi connectivity index (χ1n) is 15.7. The normalized spacial score (nSPS) is 11.5. The lowest BCUT2D eigenvalue weighted by molar-refractivity contribution is 0.669. The molecule has 1 heterocycles. The molecular formula is C44H29NO. The smallest absolute Gasteiger partial charge is 0.137 e. The summed E-state index contributed by atoms with van der Waals surface area (Å²) in [7, 11) is 0. The minimum atomic E-state index is 0.872. The van der Waals surface area contributed by atoms with Gasteiger partial charge in [0.2, 0.25) is 0 Å². The van der Waals surface area contributed by atoms with Crippen molar-refractivity contribution >= 4 is 54.9 Å². The molecule has 8 aromatic carbocycles. The topological polar surface area (TPSA) is 25.2 Å². The van der Waals surface area contributed by atoms with Crippen LogP contribution in [0.5, 0.6) is 0 Å². The Morgan fingerprint density at radius 2 is 0.826 bits per heavy atom. The zero-order valence-electron chi connectivity index (χ0n) is 25.1. The van der Waals surface area contributed by atoms with Crippen LogP contribution in [0.1, 0.15) is 0 Å². The summed E-state index contributed by atoms with van der Waals surface area (Å²) < 4.78 is 6.28. The maximum Gasteiger partial charge on any atom is 0.137 e. The molecular weight excluding hydrogens is 558 g/mol. The van der Waals surface area contributed by atoms with Crippen LogP contribution in [-0.2, 0) is 0 Å². The standard InChI is InChI=1S/C44H29NO/c1-3-13-29(14-4-1)33-27-28-40-43(38-21-11-12-22-39(38)46-40)44(33)45-32-25-23-31(24-26-32)42-36-19-9-7-17-34(36)41(30-15-5-2-6-16-30)35-18-8-10-20-37(35)42/h1-28,45H. The van der Waals surface area contributed by atoms with Crippen molar-refractivity contribution in [3.63, 3.8) is 0 Å². The van der Waals surface area contributed by atoms with Crippen molar-refractivity contribution < 1.29 is 4.42 Å². The number of benzene rings is 8. The van der Waals surface area contributed by atoms with Crippen molar-refractivity contribution in [2.75, 3.05) is 5.32 Å². The van der Waals surface area contributed by atoms with Crippen LogP contribution >= 0.6 is 0 Å². The molecule has 2 heteroatoms. The second-order valence-corrected chi connectivity index (χ2v) is 11.7. The van der Waals surface area contributed by atoms with Gasteiger partial charge in [0.05, 0.1) is 11.1 Å². The van der Waals surface area contributed by atoms with Crippen LogP contribution < -0.4 is 5.32 Å². The van der Waals surface area contributed by atoms with Gasteiger partial charge in [-0.1, -0.05) is 140 Å².